The van der Waals surface area contributed by atoms with Crippen LogP contribution in [0.1, 0.15) is 27.2 Å². The van der Waals surface area contributed by atoms with E-state index in [0.717, 1.165) is 12.3 Å². The van der Waals surface area contributed by atoms with Crippen LogP contribution in [-0.4, -0.2) is 24.9 Å². The van der Waals surface area contributed by atoms with Crippen LogP contribution < -0.4 is 10.1 Å². The van der Waals surface area contributed by atoms with Crippen LogP contribution in [0.5, 0.6) is 5.75 Å². The van der Waals surface area contributed by atoms with Crippen molar-refractivity contribution in [1.82, 2.24) is 5.32 Å². The van der Waals surface area contributed by atoms with Gasteiger partial charge in [-0.1, -0.05) is 6.92 Å². The van der Waals surface area contributed by atoms with Gasteiger partial charge in [0.25, 0.3) is 0 Å². The number of rotatable bonds is 7. The van der Waals surface area contributed by atoms with Gasteiger partial charge in [-0.2, -0.15) is 0 Å². The van der Waals surface area contributed by atoms with Crippen molar-refractivity contribution in [3.8, 4) is 5.75 Å². The zero-order valence-electron chi connectivity index (χ0n) is 11.2. The molecule has 0 aromatic heterocycles. The molecule has 1 atom stereocenters. The summed E-state index contributed by atoms with van der Waals surface area (Å²) in [6.07, 6.45) is 1.41. The predicted octanol–water partition coefficient (Wildman–Crippen LogP) is 3.56. The fourth-order valence-corrected chi connectivity index (χ4v) is 2.65. The Hall–Kier alpha value is -0.670. The number of thioether (sulfide) groups is 1. The SMILES string of the molecule is CCC(CNC)Sc1ccc(OC(C)C)cc1. The summed E-state index contributed by atoms with van der Waals surface area (Å²) in [4.78, 5) is 1.31. The van der Waals surface area contributed by atoms with Gasteiger partial charge in [-0.15, -0.1) is 11.8 Å². The van der Waals surface area contributed by atoms with Gasteiger partial charge in [0, 0.05) is 16.7 Å². The smallest absolute Gasteiger partial charge is 0.119 e. The summed E-state index contributed by atoms with van der Waals surface area (Å²) in [5.41, 5.74) is 0. The van der Waals surface area contributed by atoms with Crippen molar-refractivity contribution < 1.29 is 4.74 Å². The van der Waals surface area contributed by atoms with Gasteiger partial charge < -0.3 is 10.1 Å². The normalized spacial score (nSPS) is 12.8. The van der Waals surface area contributed by atoms with Crippen molar-refractivity contribution in [3.05, 3.63) is 24.3 Å². The van der Waals surface area contributed by atoms with E-state index >= 15 is 0 Å². The Morgan fingerprint density at radius 2 is 1.88 bits per heavy atom. The molecule has 0 fully saturated rings. The molecule has 0 aliphatic rings. The molecule has 0 saturated heterocycles. The molecule has 3 heteroatoms. The van der Waals surface area contributed by atoms with Crippen LogP contribution >= 0.6 is 11.8 Å². The molecule has 1 aromatic carbocycles. The zero-order valence-corrected chi connectivity index (χ0v) is 12.0. The number of nitrogens with one attached hydrogen (secondary N) is 1. The fourth-order valence-electron chi connectivity index (χ4n) is 1.56. The minimum atomic E-state index is 0.237. The van der Waals surface area contributed by atoms with E-state index in [9.17, 15) is 0 Å². The Morgan fingerprint density at radius 1 is 1.24 bits per heavy atom. The molecule has 1 unspecified atom stereocenters. The second-order valence-corrected chi connectivity index (χ2v) is 5.72. The van der Waals surface area contributed by atoms with Crippen molar-refractivity contribution in [1.29, 1.82) is 0 Å². The molecule has 96 valence electrons. The average Bonchev–Trinajstić information content (AvgIpc) is 2.30. The highest BCUT2D eigenvalue weighted by atomic mass is 32.2. The maximum atomic E-state index is 5.63. The van der Waals surface area contributed by atoms with Gasteiger partial charge in [-0.3, -0.25) is 0 Å². The third kappa shape index (κ3) is 5.46. The lowest BCUT2D eigenvalue weighted by Crippen LogP contribution is -2.19. The first-order valence-electron chi connectivity index (χ1n) is 6.23. The molecule has 17 heavy (non-hydrogen) atoms. The number of ether oxygens (including phenoxy) is 1. The first-order valence-corrected chi connectivity index (χ1v) is 7.11. The first kappa shape index (κ1) is 14.4. The molecular weight excluding hydrogens is 230 g/mol. The van der Waals surface area contributed by atoms with Crippen molar-refractivity contribution in [2.24, 2.45) is 0 Å². The molecule has 1 aromatic rings. The second-order valence-electron chi connectivity index (χ2n) is 4.34. The molecule has 0 heterocycles. The Balaban J connectivity index is 2.54. The molecule has 0 saturated carbocycles. The highest BCUT2D eigenvalue weighted by molar-refractivity contribution is 8.00. The van der Waals surface area contributed by atoms with E-state index in [1.807, 2.05) is 32.7 Å². The monoisotopic (exact) mass is 253 g/mol. The molecule has 0 aliphatic carbocycles. The molecule has 0 aliphatic heterocycles. The maximum absolute atomic E-state index is 5.63. The van der Waals surface area contributed by atoms with Gasteiger partial charge in [0.2, 0.25) is 0 Å². The third-order valence-corrected chi connectivity index (χ3v) is 3.76. The Kier molecular flexibility index (Phi) is 6.45. The minimum absolute atomic E-state index is 0.237. The molecular formula is C14H23NOS. The van der Waals surface area contributed by atoms with Gasteiger partial charge in [0.05, 0.1) is 6.10 Å². The summed E-state index contributed by atoms with van der Waals surface area (Å²) in [6, 6.07) is 8.38. The van der Waals surface area contributed by atoms with E-state index in [1.54, 1.807) is 0 Å². The average molecular weight is 253 g/mol. The summed E-state index contributed by atoms with van der Waals surface area (Å²) in [5, 5.41) is 3.87. The summed E-state index contributed by atoms with van der Waals surface area (Å²) in [5.74, 6) is 0.950. The van der Waals surface area contributed by atoms with Crippen molar-refractivity contribution >= 4 is 11.8 Å². The minimum Gasteiger partial charge on any atom is -0.491 e. The lowest BCUT2D eigenvalue weighted by Gasteiger charge is -2.14. The van der Waals surface area contributed by atoms with E-state index in [0.29, 0.717) is 5.25 Å². The summed E-state index contributed by atoms with van der Waals surface area (Å²) in [7, 11) is 2.00. The van der Waals surface area contributed by atoms with Crippen LogP contribution in [0.15, 0.2) is 29.2 Å². The highest BCUT2D eigenvalue weighted by Gasteiger charge is 2.07. The lowest BCUT2D eigenvalue weighted by atomic mass is 10.3. The maximum Gasteiger partial charge on any atom is 0.119 e. The third-order valence-electron chi connectivity index (χ3n) is 2.39. The van der Waals surface area contributed by atoms with Crippen LogP contribution in [0.4, 0.5) is 0 Å². The number of hydrogen-bond acceptors (Lipinski definition) is 3. The molecule has 1 rings (SSSR count). The van der Waals surface area contributed by atoms with E-state index in [1.165, 1.54) is 11.3 Å². The van der Waals surface area contributed by atoms with Crippen LogP contribution in [0, 0.1) is 0 Å². The Morgan fingerprint density at radius 3 is 2.35 bits per heavy atom. The van der Waals surface area contributed by atoms with Crippen molar-refractivity contribution in [2.45, 2.75) is 43.4 Å². The quantitative estimate of drug-likeness (QED) is 0.751. The van der Waals surface area contributed by atoms with E-state index in [4.69, 9.17) is 4.74 Å². The molecule has 0 bridgehead atoms. The molecule has 0 radical (unpaired) electrons. The van der Waals surface area contributed by atoms with Crippen LogP contribution in [-0.2, 0) is 0 Å². The molecule has 1 N–H and O–H groups in total. The van der Waals surface area contributed by atoms with Gasteiger partial charge in [0.15, 0.2) is 0 Å². The predicted molar refractivity (Wildman–Crippen MR) is 76.1 cm³/mol. The largest absolute Gasteiger partial charge is 0.491 e. The molecule has 0 spiro atoms. The standard InChI is InChI=1S/C14H23NOS/c1-5-13(10-15-4)17-14-8-6-12(7-9-14)16-11(2)3/h6-9,11,13,15H,5,10H2,1-4H3. The van der Waals surface area contributed by atoms with Gasteiger partial charge in [-0.05, 0) is 51.6 Å². The summed E-state index contributed by atoms with van der Waals surface area (Å²) >= 11 is 1.92. The van der Waals surface area contributed by atoms with Gasteiger partial charge >= 0.3 is 0 Å². The van der Waals surface area contributed by atoms with E-state index in [2.05, 4.69) is 36.5 Å². The number of hydrogen-bond donors (Lipinski definition) is 1. The van der Waals surface area contributed by atoms with Crippen molar-refractivity contribution in [2.75, 3.05) is 13.6 Å². The van der Waals surface area contributed by atoms with E-state index in [-0.39, 0.29) is 6.10 Å². The summed E-state index contributed by atoms with van der Waals surface area (Å²) in [6.45, 7) is 7.36. The molecule has 0 amide bonds. The lowest BCUT2D eigenvalue weighted by molar-refractivity contribution is 0.242. The highest BCUT2D eigenvalue weighted by Crippen LogP contribution is 2.27. The number of benzene rings is 1. The first-order chi connectivity index (χ1) is 8.15. The topological polar surface area (TPSA) is 21.3 Å². The van der Waals surface area contributed by atoms with Crippen LogP contribution in [0.3, 0.4) is 0 Å². The van der Waals surface area contributed by atoms with Crippen LogP contribution in [0.25, 0.3) is 0 Å². The van der Waals surface area contributed by atoms with Gasteiger partial charge in [0.1, 0.15) is 5.75 Å². The summed E-state index contributed by atoms with van der Waals surface area (Å²) < 4.78 is 5.63. The van der Waals surface area contributed by atoms with E-state index < -0.39 is 0 Å². The zero-order chi connectivity index (χ0) is 12.7. The fraction of sp³-hybridized carbons (Fsp3) is 0.571. The second kappa shape index (κ2) is 7.62. The van der Waals surface area contributed by atoms with Gasteiger partial charge in [-0.25, -0.2) is 0 Å². The Bertz CT molecular complexity index is 311. The van der Waals surface area contributed by atoms with Crippen molar-refractivity contribution in [3.63, 3.8) is 0 Å². The Labute approximate surface area is 109 Å². The van der Waals surface area contributed by atoms with Crippen LogP contribution in [0.2, 0.25) is 0 Å². The molecule has 2 nitrogen and oxygen atoms in total.